The van der Waals surface area contributed by atoms with Crippen LogP contribution < -0.4 is 5.32 Å². The Hall–Kier alpha value is -2.47. The van der Waals surface area contributed by atoms with E-state index in [9.17, 15) is 4.79 Å². The molecule has 1 N–H and O–H groups in total. The van der Waals surface area contributed by atoms with Gasteiger partial charge in [0.15, 0.2) is 0 Å². The highest BCUT2D eigenvalue weighted by molar-refractivity contribution is 7.20. The summed E-state index contributed by atoms with van der Waals surface area (Å²) in [5.41, 5.74) is 1.83. The minimum Gasteiger partial charge on any atom is -0.458 e. The summed E-state index contributed by atoms with van der Waals surface area (Å²) in [6.07, 6.45) is 7.03. The van der Waals surface area contributed by atoms with E-state index in [1.54, 1.807) is 0 Å². The number of benzene rings is 1. The molecule has 4 rings (SSSR count). The minimum absolute atomic E-state index is 0.0499. The van der Waals surface area contributed by atoms with E-state index >= 15 is 0 Å². The molecule has 2 aromatic heterocycles. The minimum atomic E-state index is -0.233. The molecule has 1 aromatic carbocycles. The van der Waals surface area contributed by atoms with Crippen LogP contribution in [-0.4, -0.2) is 22.0 Å². The third-order valence-corrected chi connectivity index (χ3v) is 5.95. The number of hydrogen-bond acceptors (Lipinski definition) is 6. The van der Waals surface area contributed by atoms with Crippen LogP contribution in [0.4, 0.5) is 11.5 Å². The largest absolute Gasteiger partial charge is 0.458 e. The Morgan fingerprint density at radius 2 is 1.92 bits per heavy atom. The molecular weight excluding hydrogens is 346 g/mol. The Balaban J connectivity index is 1.64. The summed E-state index contributed by atoms with van der Waals surface area (Å²) < 4.78 is 5.75. The first-order chi connectivity index (χ1) is 12.7. The number of nitrogens with one attached hydrogen (secondary N) is 1. The molecule has 0 aliphatic heterocycles. The average molecular weight is 367 g/mol. The number of hydrogen-bond donors (Lipinski definition) is 1. The van der Waals surface area contributed by atoms with Gasteiger partial charge >= 0.3 is 5.97 Å². The predicted octanol–water partition coefficient (Wildman–Crippen LogP) is 5.23. The number of carbonyl (C=O) groups excluding carboxylic acids is 1. The number of aromatic nitrogens is 2. The molecule has 6 heteroatoms. The monoisotopic (exact) mass is 367 g/mol. The van der Waals surface area contributed by atoms with Crippen LogP contribution in [-0.2, 0) is 4.74 Å². The zero-order chi connectivity index (χ0) is 17.9. The number of rotatable bonds is 4. The van der Waals surface area contributed by atoms with Gasteiger partial charge in [-0.05, 0) is 50.3 Å². The molecule has 0 saturated heterocycles. The van der Waals surface area contributed by atoms with Crippen molar-refractivity contribution in [1.82, 2.24) is 9.97 Å². The van der Waals surface area contributed by atoms with Gasteiger partial charge < -0.3 is 10.1 Å². The summed E-state index contributed by atoms with van der Waals surface area (Å²) in [6, 6.07) is 9.86. The van der Waals surface area contributed by atoms with Gasteiger partial charge in [0, 0.05) is 5.69 Å². The van der Waals surface area contributed by atoms with Gasteiger partial charge in [-0.15, -0.1) is 11.3 Å². The van der Waals surface area contributed by atoms with Gasteiger partial charge in [-0.3, -0.25) is 0 Å². The maximum Gasteiger partial charge on any atom is 0.348 e. The van der Waals surface area contributed by atoms with Crippen LogP contribution in [0.3, 0.4) is 0 Å². The number of fused-ring (bicyclic) bond motifs is 1. The van der Waals surface area contributed by atoms with Gasteiger partial charge in [0.2, 0.25) is 0 Å². The lowest BCUT2D eigenvalue weighted by molar-refractivity contribution is 0.0216. The highest BCUT2D eigenvalue weighted by Gasteiger charge is 2.24. The van der Waals surface area contributed by atoms with E-state index in [2.05, 4.69) is 15.3 Å². The van der Waals surface area contributed by atoms with Crippen LogP contribution in [0, 0.1) is 6.92 Å². The Kier molecular flexibility index (Phi) is 4.84. The fourth-order valence-corrected chi connectivity index (χ4v) is 4.44. The summed E-state index contributed by atoms with van der Waals surface area (Å²) in [5, 5.41) is 4.21. The summed E-state index contributed by atoms with van der Waals surface area (Å²) in [5.74, 6) is 0.481. The second kappa shape index (κ2) is 7.41. The van der Waals surface area contributed by atoms with Crippen molar-refractivity contribution in [3.05, 3.63) is 47.1 Å². The van der Waals surface area contributed by atoms with E-state index < -0.39 is 0 Å². The smallest absolute Gasteiger partial charge is 0.348 e. The molecule has 0 unspecified atom stereocenters. The van der Waals surface area contributed by atoms with Crippen molar-refractivity contribution < 1.29 is 9.53 Å². The Morgan fingerprint density at radius 1 is 1.15 bits per heavy atom. The first-order valence-electron chi connectivity index (χ1n) is 8.99. The molecule has 1 fully saturated rings. The van der Waals surface area contributed by atoms with Crippen molar-refractivity contribution >= 4 is 39.0 Å². The fraction of sp³-hybridized carbons (Fsp3) is 0.350. The van der Waals surface area contributed by atoms with Crippen molar-refractivity contribution in [2.24, 2.45) is 0 Å². The summed E-state index contributed by atoms with van der Waals surface area (Å²) in [7, 11) is 0. The normalized spacial score (nSPS) is 15.1. The molecule has 2 heterocycles. The van der Waals surface area contributed by atoms with Gasteiger partial charge in [0.05, 0.1) is 5.39 Å². The van der Waals surface area contributed by atoms with Crippen LogP contribution in [0.5, 0.6) is 0 Å². The lowest BCUT2D eigenvalue weighted by Gasteiger charge is -2.21. The lowest BCUT2D eigenvalue weighted by Crippen LogP contribution is -2.20. The van der Waals surface area contributed by atoms with Crippen LogP contribution in [0.2, 0.25) is 0 Å². The molecule has 5 nitrogen and oxygen atoms in total. The Bertz CT molecular complexity index is 917. The fourth-order valence-electron chi connectivity index (χ4n) is 3.41. The van der Waals surface area contributed by atoms with Crippen molar-refractivity contribution in [1.29, 1.82) is 0 Å². The third kappa shape index (κ3) is 3.42. The number of nitrogens with zero attached hydrogens (tertiary/aromatic N) is 2. The zero-order valence-electron chi connectivity index (χ0n) is 14.7. The van der Waals surface area contributed by atoms with E-state index in [0.29, 0.717) is 10.7 Å². The molecule has 134 valence electrons. The second-order valence-corrected chi connectivity index (χ2v) is 7.61. The molecule has 1 aliphatic carbocycles. The van der Waals surface area contributed by atoms with Crippen LogP contribution in [0.1, 0.15) is 47.3 Å². The topological polar surface area (TPSA) is 64.1 Å². The molecule has 0 atom stereocenters. The maximum atomic E-state index is 12.7. The van der Waals surface area contributed by atoms with E-state index in [-0.39, 0.29) is 12.1 Å². The van der Waals surface area contributed by atoms with Crippen molar-refractivity contribution in [2.75, 3.05) is 5.32 Å². The van der Waals surface area contributed by atoms with Gasteiger partial charge in [-0.25, -0.2) is 14.8 Å². The summed E-state index contributed by atoms with van der Waals surface area (Å²) in [6.45, 7) is 1.94. The molecule has 0 spiro atoms. The Morgan fingerprint density at radius 3 is 2.69 bits per heavy atom. The highest BCUT2D eigenvalue weighted by atomic mass is 32.1. The molecule has 26 heavy (non-hydrogen) atoms. The third-order valence-electron chi connectivity index (χ3n) is 4.77. The van der Waals surface area contributed by atoms with Gasteiger partial charge in [-0.2, -0.15) is 0 Å². The second-order valence-electron chi connectivity index (χ2n) is 6.61. The standard InChI is InChI=1S/C20H21N3O2S/c1-13-16-18(23-14-8-4-2-5-9-14)21-12-22-19(16)26-17(13)20(24)25-15-10-6-3-7-11-15/h2,4-5,8-9,12,15H,3,6-7,10-11H2,1H3,(H,21,22,23). The summed E-state index contributed by atoms with van der Waals surface area (Å²) >= 11 is 1.38. The Labute approximate surface area is 156 Å². The number of aryl methyl sites for hydroxylation is 1. The van der Waals surface area contributed by atoms with E-state index in [0.717, 1.165) is 47.2 Å². The number of thiophene rings is 1. The van der Waals surface area contributed by atoms with E-state index in [1.807, 2.05) is 37.3 Å². The summed E-state index contributed by atoms with van der Waals surface area (Å²) in [4.78, 5) is 22.9. The quantitative estimate of drug-likeness (QED) is 0.640. The predicted molar refractivity (Wildman–Crippen MR) is 104 cm³/mol. The number of ether oxygens (including phenoxy) is 1. The van der Waals surface area contributed by atoms with Gasteiger partial charge in [0.25, 0.3) is 0 Å². The SMILES string of the molecule is Cc1c(C(=O)OC2CCCCC2)sc2ncnc(Nc3ccccc3)c12. The molecule has 0 radical (unpaired) electrons. The van der Waals surface area contributed by atoms with Crippen LogP contribution >= 0.6 is 11.3 Å². The van der Waals surface area contributed by atoms with Crippen molar-refractivity contribution in [2.45, 2.75) is 45.1 Å². The maximum absolute atomic E-state index is 12.7. The van der Waals surface area contributed by atoms with Crippen molar-refractivity contribution in [3.63, 3.8) is 0 Å². The van der Waals surface area contributed by atoms with Gasteiger partial charge in [-0.1, -0.05) is 24.6 Å². The van der Waals surface area contributed by atoms with Crippen LogP contribution in [0.25, 0.3) is 10.2 Å². The van der Waals surface area contributed by atoms with E-state index in [1.165, 1.54) is 24.1 Å². The number of anilines is 2. The number of para-hydroxylation sites is 1. The number of carbonyl (C=O) groups is 1. The van der Waals surface area contributed by atoms with Crippen molar-refractivity contribution in [3.8, 4) is 0 Å². The van der Waals surface area contributed by atoms with E-state index in [4.69, 9.17) is 4.74 Å². The lowest BCUT2D eigenvalue weighted by atomic mass is 9.98. The van der Waals surface area contributed by atoms with Crippen LogP contribution in [0.15, 0.2) is 36.7 Å². The molecular formula is C20H21N3O2S. The molecule has 0 bridgehead atoms. The average Bonchev–Trinajstić information content (AvgIpc) is 3.01. The van der Waals surface area contributed by atoms with Gasteiger partial charge in [0.1, 0.15) is 28.0 Å². The molecule has 1 aliphatic rings. The zero-order valence-corrected chi connectivity index (χ0v) is 15.5. The molecule has 3 aromatic rings. The molecule has 0 amide bonds. The molecule has 1 saturated carbocycles. The highest BCUT2D eigenvalue weighted by Crippen LogP contribution is 2.35. The first-order valence-corrected chi connectivity index (χ1v) is 9.81. The first kappa shape index (κ1) is 17.0. The number of esters is 1.